The lowest BCUT2D eigenvalue weighted by atomic mass is 10.1. The van der Waals surface area contributed by atoms with Crippen molar-refractivity contribution in [2.45, 2.75) is 37.0 Å². The van der Waals surface area contributed by atoms with Gasteiger partial charge in [0.1, 0.15) is 0 Å². The van der Waals surface area contributed by atoms with Crippen LogP contribution in [0.15, 0.2) is 0 Å². The number of aliphatic hydroxyl groups is 1. The zero-order valence-electron chi connectivity index (χ0n) is 10.4. The highest BCUT2D eigenvalue weighted by atomic mass is 32.2. The third kappa shape index (κ3) is 2.99. The molecular formula is C11H22N2O3S. The molecule has 2 aliphatic heterocycles. The standard InChI is InChI=1S/C11H22N2O3S/c1-12-7-4-11(5-8-12)17(15,16)13-6-2-3-10(14)9-13/h10-11,14H,2-9H2,1H3. The molecular weight excluding hydrogens is 240 g/mol. The average Bonchev–Trinajstić information content (AvgIpc) is 2.29. The molecule has 0 aromatic rings. The number of hydrogen-bond donors (Lipinski definition) is 1. The summed E-state index contributed by atoms with van der Waals surface area (Å²) in [5.41, 5.74) is 0. The van der Waals surface area contributed by atoms with E-state index >= 15 is 0 Å². The van der Waals surface area contributed by atoms with Crippen LogP contribution >= 0.6 is 0 Å². The molecule has 2 saturated heterocycles. The van der Waals surface area contributed by atoms with Crippen LogP contribution in [0, 0.1) is 0 Å². The Balaban J connectivity index is 2.02. The molecule has 5 nitrogen and oxygen atoms in total. The first-order valence-corrected chi connectivity index (χ1v) is 7.86. The zero-order valence-corrected chi connectivity index (χ0v) is 11.2. The van der Waals surface area contributed by atoms with Crippen molar-refractivity contribution in [3.63, 3.8) is 0 Å². The third-order valence-electron chi connectivity index (χ3n) is 3.81. The summed E-state index contributed by atoms with van der Waals surface area (Å²) >= 11 is 0. The third-order valence-corrected chi connectivity index (χ3v) is 6.17. The van der Waals surface area contributed by atoms with Gasteiger partial charge in [-0.3, -0.25) is 0 Å². The summed E-state index contributed by atoms with van der Waals surface area (Å²) in [5, 5.41) is 9.32. The van der Waals surface area contributed by atoms with E-state index in [9.17, 15) is 13.5 Å². The van der Waals surface area contributed by atoms with Gasteiger partial charge in [0.05, 0.1) is 11.4 Å². The monoisotopic (exact) mass is 262 g/mol. The van der Waals surface area contributed by atoms with Gasteiger partial charge < -0.3 is 10.0 Å². The number of piperidine rings is 2. The summed E-state index contributed by atoms with van der Waals surface area (Å²) in [4.78, 5) is 2.16. The summed E-state index contributed by atoms with van der Waals surface area (Å²) < 4.78 is 26.3. The molecule has 0 aliphatic carbocycles. The molecule has 2 aliphatic rings. The van der Waals surface area contributed by atoms with E-state index in [0.717, 1.165) is 25.9 Å². The van der Waals surface area contributed by atoms with Crippen LogP contribution in [-0.2, 0) is 10.0 Å². The summed E-state index contributed by atoms with van der Waals surface area (Å²) in [5.74, 6) is 0. The first-order chi connectivity index (χ1) is 8.00. The number of aliphatic hydroxyl groups excluding tert-OH is 1. The molecule has 1 atom stereocenters. The Morgan fingerprint density at radius 3 is 2.35 bits per heavy atom. The maximum absolute atomic E-state index is 12.4. The van der Waals surface area contributed by atoms with Gasteiger partial charge in [-0.15, -0.1) is 0 Å². The normalized spacial score (nSPS) is 30.6. The number of rotatable bonds is 2. The molecule has 2 heterocycles. The smallest absolute Gasteiger partial charge is 0.217 e. The van der Waals surface area contributed by atoms with Gasteiger partial charge >= 0.3 is 0 Å². The quantitative estimate of drug-likeness (QED) is 0.753. The van der Waals surface area contributed by atoms with Crippen LogP contribution in [0.3, 0.4) is 0 Å². The number of nitrogens with zero attached hydrogens (tertiary/aromatic N) is 2. The fraction of sp³-hybridized carbons (Fsp3) is 1.00. The first-order valence-electron chi connectivity index (χ1n) is 6.35. The van der Waals surface area contributed by atoms with E-state index in [0.29, 0.717) is 19.4 Å². The van der Waals surface area contributed by atoms with E-state index in [1.54, 1.807) is 0 Å². The van der Waals surface area contributed by atoms with Crippen molar-refractivity contribution >= 4 is 10.0 Å². The fourth-order valence-corrected chi connectivity index (χ4v) is 4.64. The van der Waals surface area contributed by atoms with Crippen LogP contribution < -0.4 is 0 Å². The summed E-state index contributed by atoms with van der Waals surface area (Å²) in [6, 6.07) is 0. The van der Waals surface area contributed by atoms with Crippen molar-refractivity contribution in [2.75, 3.05) is 33.2 Å². The van der Waals surface area contributed by atoms with Crippen LogP contribution in [0.5, 0.6) is 0 Å². The van der Waals surface area contributed by atoms with Gasteiger partial charge in [-0.25, -0.2) is 8.42 Å². The van der Waals surface area contributed by atoms with Gasteiger partial charge in [0.25, 0.3) is 0 Å². The first kappa shape index (κ1) is 13.3. The van der Waals surface area contributed by atoms with Gasteiger partial charge in [-0.2, -0.15) is 4.31 Å². The molecule has 0 aromatic carbocycles. The molecule has 6 heteroatoms. The number of likely N-dealkylation sites (tertiary alicyclic amines) is 1. The molecule has 2 rings (SSSR count). The number of sulfonamides is 1. The lowest BCUT2D eigenvalue weighted by Gasteiger charge is -2.35. The molecule has 1 N–H and O–H groups in total. The molecule has 17 heavy (non-hydrogen) atoms. The fourth-order valence-electron chi connectivity index (χ4n) is 2.65. The minimum absolute atomic E-state index is 0.246. The Kier molecular flexibility index (Phi) is 4.07. The minimum atomic E-state index is -3.19. The second kappa shape index (κ2) is 5.22. The highest BCUT2D eigenvalue weighted by Gasteiger charge is 2.36. The second-order valence-corrected chi connectivity index (χ2v) is 7.41. The molecule has 0 saturated carbocycles. The lowest BCUT2D eigenvalue weighted by molar-refractivity contribution is 0.107. The highest BCUT2D eigenvalue weighted by Crippen LogP contribution is 2.23. The van der Waals surface area contributed by atoms with E-state index in [1.807, 2.05) is 7.05 Å². The Labute approximate surface area is 103 Å². The molecule has 2 fully saturated rings. The molecule has 0 amide bonds. The lowest BCUT2D eigenvalue weighted by Crippen LogP contribution is -2.48. The van der Waals surface area contributed by atoms with E-state index < -0.39 is 16.1 Å². The van der Waals surface area contributed by atoms with Gasteiger partial charge in [0.15, 0.2) is 0 Å². The Hall–Kier alpha value is -0.170. The Bertz CT molecular complexity index is 350. The topological polar surface area (TPSA) is 60.9 Å². The molecule has 1 unspecified atom stereocenters. The van der Waals surface area contributed by atoms with Crippen LogP contribution in [0.4, 0.5) is 0 Å². The Morgan fingerprint density at radius 1 is 1.12 bits per heavy atom. The van der Waals surface area contributed by atoms with Gasteiger partial charge in [-0.05, 0) is 45.8 Å². The second-order valence-electron chi connectivity index (χ2n) is 5.20. The number of hydrogen-bond acceptors (Lipinski definition) is 4. The van der Waals surface area contributed by atoms with Crippen molar-refractivity contribution in [3.05, 3.63) is 0 Å². The Morgan fingerprint density at radius 2 is 1.76 bits per heavy atom. The molecule has 0 spiro atoms. The summed E-state index contributed by atoms with van der Waals surface area (Å²) in [7, 11) is -1.17. The maximum atomic E-state index is 12.4. The largest absolute Gasteiger partial charge is 0.392 e. The summed E-state index contributed by atoms with van der Waals surface area (Å²) in [6.45, 7) is 2.56. The number of β-amino-alcohol motifs (C(OH)–C–C–N with tert-alkyl or cyclic N) is 1. The predicted molar refractivity (Wildman–Crippen MR) is 66.3 cm³/mol. The summed E-state index contributed by atoms with van der Waals surface area (Å²) in [6.07, 6.45) is 2.44. The molecule has 0 radical (unpaired) electrons. The molecule has 0 aromatic heterocycles. The van der Waals surface area contributed by atoms with E-state index in [2.05, 4.69) is 4.90 Å². The zero-order chi connectivity index (χ0) is 12.5. The van der Waals surface area contributed by atoms with Crippen molar-refractivity contribution < 1.29 is 13.5 Å². The maximum Gasteiger partial charge on any atom is 0.217 e. The van der Waals surface area contributed by atoms with Crippen LogP contribution in [0.2, 0.25) is 0 Å². The van der Waals surface area contributed by atoms with Gasteiger partial charge in [0, 0.05) is 13.1 Å². The van der Waals surface area contributed by atoms with Crippen molar-refractivity contribution in [2.24, 2.45) is 0 Å². The predicted octanol–water partition coefficient (Wildman–Crippen LogP) is -0.133. The van der Waals surface area contributed by atoms with E-state index in [-0.39, 0.29) is 11.8 Å². The average molecular weight is 262 g/mol. The minimum Gasteiger partial charge on any atom is -0.392 e. The van der Waals surface area contributed by atoms with Crippen molar-refractivity contribution in [1.29, 1.82) is 0 Å². The van der Waals surface area contributed by atoms with E-state index in [1.165, 1.54) is 4.31 Å². The van der Waals surface area contributed by atoms with Crippen LogP contribution in [-0.4, -0.2) is 67.3 Å². The van der Waals surface area contributed by atoms with Crippen molar-refractivity contribution in [1.82, 2.24) is 9.21 Å². The van der Waals surface area contributed by atoms with Gasteiger partial charge in [0.2, 0.25) is 10.0 Å². The van der Waals surface area contributed by atoms with E-state index in [4.69, 9.17) is 0 Å². The van der Waals surface area contributed by atoms with Gasteiger partial charge in [-0.1, -0.05) is 0 Å². The van der Waals surface area contributed by atoms with Crippen molar-refractivity contribution in [3.8, 4) is 0 Å². The highest BCUT2D eigenvalue weighted by molar-refractivity contribution is 7.89. The van der Waals surface area contributed by atoms with Crippen LogP contribution in [0.25, 0.3) is 0 Å². The van der Waals surface area contributed by atoms with Crippen LogP contribution in [0.1, 0.15) is 25.7 Å². The molecule has 100 valence electrons. The SMILES string of the molecule is CN1CCC(S(=O)(=O)N2CCCC(O)C2)CC1. The molecule has 0 bridgehead atoms.